The molecule has 31 heavy (non-hydrogen) atoms. The Balaban J connectivity index is 1.32. The fourth-order valence-electron chi connectivity index (χ4n) is 4.07. The minimum Gasteiger partial charge on any atom is -0.493 e. The zero-order valence-electron chi connectivity index (χ0n) is 17.8. The zero-order valence-corrected chi connectivity index (χ0v) is 17.8. The number of benzene rings is 2. The number of carbonyl (C=O) groups is 2. The van der Waals surface area contributed by atoms with Gasteiger partial charge in [-0.1, -0.05) is 43.7 Å². The number of allylic oxidation sites excluding steroid dienone is 1. The number of ketones is 1. The summed E-state index contributed by atoms with van der Waals surface area (Å²) >= 11 is 0. The SMILES string of the molecule is CCCCOC(=O)COC1CCC2C(=O)C(Oc3ccc4ccccc4c3)=COC2C1. The van der Waals surface area contributed by atoms with Crippen LogP contribution in [-0.4, -0.2) is 37.2 Å². The first-order valence-corrected chi connectivity index (χ1v) is 11.0. The second kappa shape index (κ2) is 9.96. The van der Waals surface area contributed by atoms with Crippen molar-refractivity contribution >= 4 is 22.5 Å². The van der Waals surface area contributed by atoms with Crippen LogP contribution in [0, 0.1) is 5.92 Å². The lowest BCUT2D eigenvalue weighted by molar-refractivity contribution is -0.154. The average Bonchev–Trinajstić information content (AvgIpc) is 2.79. The Kier molecular flexibility index (Phi) is 6.87. The predicted octanol–water partition coefficient (Wildman–Crippen LogP) is 4.56. The van der Waals surface area contributed by atoms with Crippen molar-refractivity contribution in [2.75, 3.05) is 13.2 Å². The molecule has 0 N–H and O–H groups in total. The van der Waals surface area contributed by atoms with Gasteiger partial charge in [-0.15, -0.1) is 0 Å². The monoisotopic (exact) mass is 424 g/mol. The second-order valence-corrected chi connectivity index (χ2v) is 8.06. The molecule has 2 aromatic rings. The van der Waals surface area contributed by atoms with E-state index in [0.717, 1.165) is 23.6 Å². The molecule has 0 radical (unpaired) electrons. The van der Waals surface area contributed by atoms with Crippen LogP contribution in [0.1, 0.15) is 39.0 Å². The molecular formula is C25H28O6. The standard InChI is InChI=1S/C25H28O6/c1-2-3-12-28-24(26)16-29-19-10-11-21-22(14-19)30-15-23(25(21)27)31-20-9-8-17-6-4-5-7-18(17)13-20/h4-9,13,15,19,21-22H,2-3,10-12,14,16H2,1H3. The fraction of sp³-hybridized carbons (Fsp3) is 0.440. The van der Waals surface area contributed by atoms with E-state index in [1.165, 1.54) is 6.26 Å². The Labute approximate surface area is 182 Å². The molecule has 0 bridgehead atoms. The highest BCUT2D eigenvalue weighted by Crippen LogP contribution is 2.35. The summed E-state index contributed by atoms with van der Waals surface area (Å²) in [5.74, 6) is 0.204. The van der Waals surface area contributed by atoms with Gasteiger partial charge in [-0.2, -0.15) is 0 Å². The minimum absolute atomic E-state index is 0.0400. The second-order valence-electron chi connectivity index (χ2n) is 8.06. The number of hydrogen-bond donors (Lipinski definition) is 0. The maximum Gasteiger partial charge on any atom is 0.332 e. The van der Waals surface area contributed by atoms with Crippen molar-refractivity contribution in [2.45, 2.75) is 51.2 Å². The lowest BCUT2D eigenvalue weighted by Crippen LogP contribution is -2.42. The van der Waals surface area contributed by atoms with Crippen molar-refractivity contribution in [3.8, 4) is 5.75 Å². The van der Waals surface area contributed by atoms with Gasteiger partial charge in [-0.05, 0) is 42.2 Å². The van der Waals surface area contributed by atoms with Crippen molar-refractivity contribution in [2.24, 2.45) is 5.92 Å². The van der Waals surface area contributed by atoms with Gasteiger partial charge in [-0.25, -0.2) is 4.79 Å². The number of ether oxygens (including phenoxy) is 4. The van der Waals surface area contributed by atoms with Crippen LogP contribution < -0.4 is 4.74 Å². The molecule has 0 saturated heterocycles. The molecule has 6 heteroatoms. The number of esters is 1. The molecule has 1 aliphatic heterocycles. The molecule has 3 atom stereocenters. The van der Waals surface area contributed by atoms with Crippen molar-refractivity contribution in [1.29, 1.82) is 0 Å². The zero-order chi connectivity index (χ0) is 21.6. The molecule has 0 spiro atoms. The van der Waals surface area contributed by atoms with Crippen LogP contribution in [0.5, 0.6) is 5.75 Å². The number of carbonyl (C=O) groups excluding carboxylic acids is 2. The van der Waals surface area contributed by atoms with E-state index in [-0.39, 0.29) is 42.2 Å². The third-order valence-electron chi connectivity index (χ3n) is 5.82. The quantitative estimate of drug-likeness (QED) is 0.457. The summed E-state index contributed by atoms with van der Waals surface area (Å²) in [5, 5.41) is 2.16. The van der Waals surface area contributed by atoms with Gasteiger partial charge in [0, 0.05) is 6.42 Å². The molecule has 1 fully saturated rings. The molecule has 0 amide bonds. The van der Waals surface area contributed by atoms with Gasteiger partial charge < -0.3 is 18.9 Å². The van der Waals surface area contributed by atoms with Gasteiger partial charge in [-0.3, -0.25) is 4.79 Å². The summed E-state index contributed by atoms with van der Waals surface area (Å²) in [5.41, 5.74) is 0. The summed E-state index contributed by atoms with van der Waals surface area (Å²) in [7, 11) is 0. The number of Topliss-reactive ketones (excluding diaryl/α,β-unsaturated/α-hetero) is 1. The van der Waals surface area contributed by atoms with Crippen molar-refractivity contribution in [3.63, 3.8) is 0 Å². The summed E-state index contributed by atoms with van der Waals surface area (Å²) in [4.78, 5) is 24.7. The maximum atomic E-state index is 13.0. The number of rotatable bonds is 8. The molecule has 3 unspecified atom stereocenters. The van der Waals surface area contributed by atoms with E-state index in [1.54, 1.807) is 0 Å². The summed E-state index contributed by atoms with van der Waals surface area (Å²) in [6, 6.07) is 13.7. The van der Waals surface area contributed by atoms with E-state index in [0.29, 0.717) is 31.6 Å². The fourth-order valence-corrected chi connectivity index (χ4v) is 4.07. The Morgan fingerprint density at radius 1 is 1.13 bits per heavy atom. The van der Waals surface area contributed by atoms with Crippen LogP contribution >= 0.6 is 0 Å². The topological polar surface area (TPSA) is 71.1 Å². The van der Waals surface area contributed by atoms with Crippen LogP contribution in [0.25, 0.3) is 10.8 Å². The summed E-state index contributed by atoms with van der Waals surface area (Å²) in [6.45, 7) is 2.41. The normalized spacial score (nSPS) is 22.9. The van der Waals surface area contributed by atoms with E-state index in [9.17, 15) is 9.59 Å². The predicted molar refractivity (Wildman–Crippen MR) is 115 cm³/mol. The Morgan fingerprint density at radius 2 is 1.97 bits per heavy atom. The van der Waals surface area contributed by atoms with Gasteiger partial charge in [0.25, 0.3) is 0 Å². The molecule has 1 aliphatic carbocycles. The van der Waals surface area contributed by atoms with Crippen LogP contribution in [0.3, 0.4) is 0 Å². The van der Waals surface area contributed by atoms with Crippen LogP contribution in [0.15, 0.2) is 54.5 Å². The third-order valence-corrected chi connectivity index (χ3v) is 5.82. The number of hydrogen-bond acceptors (Lipinski definition) is 6. The van der Waals surface area contributed by atoms with Crippen molar-refractivity contribution in [3.05, 3.63) is 54.5 Å². The molecule has 2 aliphatic rings. The lowest BCUT2D eigenvalue weighted by Gasteiger charge is -2.36. The van der Waals surface area contributed by atoms with E-state index in [1.807, 2.05) is 49.4 Å². The molecule has 1 saturated carbocycles. The summed E-state index contributed by atoms with van der Waals surface area (Å²) in [6.07, 6.45) is 4.77. The van der Waals surface area contributed by atoms with E-state index >= 15 is 0 Å². The van der Waals surface area contributed by atoms with E-state index in [2.05, 4.69) is 0 Å². The van der Waals surface area contributed by atoms with Crippen LogP contribution in [-0.2, 0) is 23.8 Å². The molecule has 4 rings (SSSR count). The highest BCUT2D eigenvalue weighted by atomic mass is 16.6. The van der Waals surface area contributed by atoms with E-state index in [4.69, 9.17) is 18.9 Å². The van der Waals surface area contributed by atoms with Crippen molar-refractivity contribution in [1.82, 2.24) is 0 Å². The average molecular weight is 424 g/mol. The molecule has 164 valence electrons. The highest BCUT2D eigenvalue weighted by Gasteiger charge is 2.41. The summed E-state index contributed by atoms with van der Waals surface area (Å²) < 4.78 is 22.5. The van der Waals surface area contributed by atoms with Gasteiger partial charge in [0.05, 0.1) is 18.6 Å². The lowest BCUT2D eigenvalue weighted by atomic mass is 9.80. The van der Waals surface area contributed by atoms with Crippen LogP contribution in [0.2, 0.25) is 0 Å². The molecule has 0 aromatic heterocycles. The molecular weight excluding hydrogens is 396 g/mol. The maximum absolute atomic E-state index is 13.0. The highest BCUT2D eigenvalue weighted by molar-refractivity contribution is 5.96. The smallest absolute Gasteiger partial charge is 0.332 e. The minimum atomic E-state index is -0.345. The van der Waals surface area contributed by atoms with E-state index < -0.39 is 0 Å². The first-order chi connectivity index (χ1) is 15.1. The van der Waals surface area contributed by atoms with Gasteiger partial charge in [0.2, 0.25) is 11.5 Å². The first kappa shape index (κ1) is 21.4. The largest absolute Gasteiger partial charge is 0.493 e. The van der Waals surface area contributed by atoms with Crippen molar-refractivity contribution < 1.29 is 28.5 Å². The molecule has 2 aromatic carbocycles. The first-order valence-electron chi connectivity index (χ1n) is 11.0. The van der Waals surface area contributed by atoms with Gasteiger partial charge >= 0.3 is 5.97 Å². The molecule has 6 nitrogen and oxygen atoms in total. The van der Waals surface area contributed by atoms with Gasteiger partial charge in [0.1, 0.15) is 24.7 Å². The Hall–Kier alpha value is -2.86. The Morgan fingerprint density at radius 3 is 2.81 bits per heavy atom. The molecule has 1 heterocycles. The Bertz CT molecular complexity index is 965. The van der Waals surface area contributed by atoms with Gasteiger partial charge in [0.15, 0.2) is 0 Å². The third kappa shape index (κ3) is 5.25. The number of unbranched alkanes of at least 4 members (excludes halogenated alkanes) is 1. The number of fused-ring (bicyclic) bond motifs is 2. The van der Waals surface area contributed by atoms with Crippen LogP contribution in [0.4, 0.5) is 0 Å².